The molecule has 0 amide bonds. The SMILES string of the molecule is CNc1cn2ccnc2c(NCCCS(N)(=O)=O)n1. The maximum absolute atomic E-state index is 10.8. The molecule has 0 aliphatic carbocycles. The summed E-state index contributed by atoms with van der Waals surface area (Å²) in [5, 5.41) is 11.0. The van der Waals surface area contributed by atoms with E-state index in [1.165, 1.54) is 0 Å². The van der Waals surface area contributed by atoms with E-state index in [0.717, 1.165) is 0 Å². The molecule has 2 aromatic rings. The Balaban J connectivity index is 2.09. The summed E-state index contributed by atoms with van der Waals surface area (Å²) in [4.78, 5) is 8.53. The summed E-state index contributed by atoms with van der Waals surface area (Å²) in [5.41, 5.74) is 0.689. The van der Waals surface area contributed by atoms with Crippen molar-refractivity contribution in [3.63, 3.8) is 0 Å². The van der Waals surface area contributed by atoms with Crippen LogP contribution in [0.3, 0.4) is 0 Å². The standard InChI is InChI=1S/C10H16N6O2S/c1-12-8-7-16-5-4-14-10(16)9(15-8)13-3-2-6-19(11,17)18/h4-5,7,12H,2-3,6H2,1H3,(H,13,15)(H2,11,17,18). The molecule has 2 rings (SSSR count). The molecule has 2 heterocycles. The number of hydrogen-bond acceptors (Lipinski definition) is 6. The number of fused-ring (bicyclic) bond motifs is 1. The second-order valence-corrected chi connectivity index (χ2v) is 5.76. The molecule has 0 aliphatic rings. The van der Waals surface area contributed by atoms with Crippen LogP contribution in [-0.2, 0) is 10.0 Å². The molecule has 19 heavy (non-hydrogen) atoms. The van der Waals surface area contributed by atoms with Gasteiger partial charge in [0, 0.05) is 26.0 Å². The maximum atomic E-state index is 10.8. The number of aromatic nitrogens is 3. The van der Waals surface area contributed by atoms with E-state index in [0.29, 0.717) is 30.2 Å². The molecule has 0 radical (unpaired) electrons. The highest BCUT2D eigenvalue weighted by Gasteiger charge is 2.07. The third-order valence-corrected chi connectivity index (χ3v) is 3.39. The third kappa shape index (κ3) is 3.55. The summed E-state index contributed by atoms with van der Waals surface area (Å²) in [7, 11) is -1.64. The summed E-state index contributed by atoms with van der Waals surface area (Å²) in [6.45, 7) is 0.457. The lowest BCUT2D eigenvalue weighted by Gasteiger charge is -2.09. The van der Waals surface area contributed by atoms with Crippen LogP contribution in [0.4, 0.5) is 11.6 Å². The highest BCUT2D eigenvalue weighted by Crippen LogP contribution is 2.15. The van der Waals surface area contributed by atoms with Gasteiger partial charge in [-0.05, 0) is 6.42 Å². The highest BCUT2D eigenvalue weighted by molar-refractivity contribution is 7.89. The van der Waals surface area contributed by atoms with Gasteiger partial charge in [-0.3, -0.25) is 0 Å². The van der Waals surface area contributed by atoms with Crippen molar-refractivity contribution in [2.45, 2.75) is 6.42 Å². The first kappa shape index (κ1) is 13.6. The molecular formula is C10H16N6O2S. The zero-order valence-corrected chi connectivity index (χ0v) is 11.3. The quantitative estimate of drug-likeness (QED) is 0.636. The van der Waals surface area contributed by atoms with Gasteiger partial charge in [0.25, 0.3) is 0 Å². The second kappa shape index (κ2) is 5.41. The molecule has 0 bridgehead atoms. The molecule has 0 unspecified atom stereocenters. The molecule has 0 aliphatic heterocycles. The van der Waals surface area contributed by atoms with Crippen LogP contribution < -0.4 is 15.8 Å². The molecule has 9 heteroatoms. The van der Waals surface area contributed by atoms with E-state index in [9.17, 15) is 8.42 Å². The topological polar surface area (TPSA) is 114 Å². The Morgan fingerprint density at radius 3 is 2.95 bits per heavy atom. The molecule has 0 fully saturated rings. The van der Waals surface area contributed by atoms with E-state index >= 15 is 0 Å². The van der Waals surface area contributed by atoms with E-state index in [1.807, 2.05) is 16.8 Å². The Kier molecular flexibility index (Phi) is 3.86. The van der Waals surface area contributed by atoms with Crippen molar-refractivity contribution in [2.75, 3.05) is 30.0 Å². The minimum absolute atomic E-state index is 0.0591. The van der Waals surface area contributed by atoms with Crippen LogP contribution in [0.25, 0.3) is 5.65 Å². The summed E-state index contributed by atoms with van der Waals surface area (Å²) in [6, 6.07) is 0. The van der Waals surface area contributed by atoms with Gasteiger partial charge in [0.2, 0.25) is 10.0 Å². The summed E-state index contributed by atoms with van der Waals surface area (Å²) in [6.07, 6.45) is 5.72. The van der Waals surface area contributed by atoms with E-state index in [-0.39, 0.29) is 5.75 Å². The van der Waals surface area contributed by atoms with Gasteiger partial charge >= 0.3 is 0 Å². The van der Waals surface area contributed by atoms with Crippen molar-refractivity contribution in [3.8, 4) is 0 Å². The van der Waals surface area contributed by atoms with E-state index in [2.05, 4.69) is 20.6 Å². The number of nitrogens with two attached hydrogens (primary N) is 1. The van der Waals surface area contributed by atoms with Crippen LogP contribution in [0.5, 0.6) is 0 Å². The van der Waals surface area contributed by atoms with Crippen molar-refractivity contribution in [1.29, 1.82) is 0 Å². The molecule has 4 N–H and O–H groups in total. The number of nitrogens with zero attached hydrogens (tertiary/aromatic N) is 3. The Hall–Kier alpha value is -1.87. The number of sulfonamides is 1. The van der Waals surface area contributed by atoms with Crippen molar-refractivity contribution in [3.05, 3.63) is 18.6 Å². The minimum Gasteiger partial charge on any atom is -0.372 e. The highest BCUT2D eigenvalue weighted by atomic mass is 32.2. The lowest BCUT2D eigenvalue weighted by Crippen LogP contribution is -2.19. The summed E-state index contributed by atoms with van der Waals surface area (Å²) in [5.74, 6) is 1.24. The molecule has 0 saturated heterocycles. The van der Waals surface area contributed by atoms with Crippen LogP contribution >= 0.6 is 0 Å². The first-order valence-corrected chi connectivity index (χ1v) is 7.47. The van der Waals surface area contributed by atoms with E-state index < -0.39 is 10.0 Å². The van der Waals surface area contributed by atoms with Crippen LogP contribution in [-0.4, -0.2) is 42.1 Å². The van der Waals surface area contributed by atoms with Gasteiger partial charge in [-0.1, -0.05) is 0 Å². The Bertz CT molecular complexity index is 666. The van der Waals surface area contributed by atoms with Crippen LogP contribution in [0, 0.1) is 0 Å². The maximum Gasteiger partial charge on any atom is 0.209 e. The van der Waals surface area contributed by atoms with Crippen LogP contribution in [0.15, 0.2) is 18.6 Å². The van der Waals surface area contributed by atoms with Crippen molar-refractivity contribution >= 4 is 27.3 Å². The number of nitrogens with one attached hydrogen (secondary N) is 2. The van der Waals surface area contributed by atoms with Gasteiger partial charge in [0.15, 0.2) is 11.5 Å². The smallest absolute Gasteiger partial charge is 0.209 e. The summed E-state index contributed by atoms with van der Waals surface area (Å²) < 4.78 is 23.5. The third-order valence-electron chi connectivity index (χ3n) is 2.53. The van der Waals surface area contributed by atoms with Gasteiger partial charge in [-0.25, -0.2) is 23.5 Å². The minimum atomic E-state index is -3.42. The zero-order valence-electron chi connectivity index (χ0n) is 10.5. The van der Waals surface area contributed by atoms with Gasteiger partial charge < -0.3 is 15.0 Å². The monoisotopic (exact) mass is 284 g/mol. The zero-order chi connectivity index (χ0) is 13.9. The second-order valence-electron chi connectivity index (χ2n) is 4.03. The fourth-order valence-corrected chi connectivity index (χ4v) is 2.20. The molecule has 104 valence electrons. The number of anilines is 2. The van der Waals surface area contributed by atoms with Crippen molar-refractivity contribution < 1.29 is 8.42 Å². The number of primary sulfonamides is 1. The number of hydrogen-bond donors (Lipinski definition) is 3. The van der Waals surface area contributed by atoms with Crippen LogP contribution in [0.2, 0.25) is 0 Å². The number of rotatable bonds is 6. The fraction of sp³-hybridized carbons (Fsp3) is 0.400. The fourth-order valence-electron chi connectivity index (χ4n) is 1.65. The number of imidazole rings is 1. The average Bonchev–Trinajstić information content (AvgIpc) is 2.81. The predicted octanol–water partition coefficient (Wildman–Crippen LogP) is -0.138. The lowest BCUT2D eigenvalue weighted by atomic mass is 10.4. The van der Waals surface area contributed by atoms with Gasteiger partial charge in [0.1, 0.15) is 5.82 Å². The summed E-state index contributed by atoms with van der Waals surface area (Å²) >= 11 is 0. The lowest BCUT2D eigenvalue weighted by molar-refractivity contribution is 0.596. The molecule has 0 spiro atoms. The average molecular weight is 284 g/mol. The Morgan fingerprint density at radius 2 is 2.26 bits per heavy atom. The van der Waals surface area contributed by atoms with Crippen molar-refractivity contribution in [1.82, 2.24) is 14.4 Å². The van der Waals surface area contributed by atoms with Gasteiger partial charge in [-0.2, -0.15) is 0 Å². The molecule has 0 saturated carbocycles. The first-order chi connectivity index (χ1) is 8.99. The molecule has 0 aromatic carbocycles. The van der Waals surface area contributed by atoms with E-state index in [1.54, 1.807) is 13.2 Å². The molecular weight excluding hydrogens is 268 g/mol. The van der Waals surface area contributed by atoms with Crippen molar-refractivity contribution in [2.24, 2.45) is 5.14 Å². The normalized spacial score (nSPS) is 11.7. The van der Waals surface area contributed by atoms with Gasteiger partial charge in [-0.15, -0.1) is 0 Å². The van der Waals surface area contributed by atoms with E-state index in [4.69, 9.17) is 5.14 Å². The molecule has 0 atom stereocenters. The largest absolute Gasteiger partial charge is 0.372 e. The Morgan fingerprint density at radius 1 is 1.47 bits per heavy atom. The Labute approximate surface area is 111 Å². The molecule has 8 nitrogen and oxygen atoms in total. The van der Waals surface area contributed by atoms with Crippen LogP contribution in [0.1, 0.15) is 6.42 Å². The molecule has 2 aromatic heterocycles. The predicted molar refractivity (Wildman–Crippen MR) is 73.6 cm³/mol. The first-order valence-electron chi connectivity index (χ1n) is 5.75. The van der Waals surface area contributed by atoms with Gasteiger partial charge in [0.05, 0.1) is 11.9 Å².